The van der Waals surface area contributed by atoms with Crippen molar-refractivity contribution in [3.8, 4) is 0 Å². The molecule has 1 aromatic rings. The summed E-state index contributed by atoms with van der Waals surface area (Å²) in [6.45, 7) is 17.9. The van der Waals surface area contributed by atoms with Crippen LogP contribution in [0.1, 0.15) is 131 Å². The lowest BCUT2D eigenvalue weighted by Crippen LogP contribution is -2.51. The lowest BCUT2D eigenvalue weighted by molar-refractivity contribution is -0.0615. The molecule has 5 rings (SSSR count). The van der Waals surface area contributed by atoms with Gasteiger partial charge < -0.3 is 4.74 Å². The van der Waals surface area contributed by atoms with Crippen molar-refractivity contribution in [3.05, 3.63) is 53.6 Å². The zero-order valence-electron chi connectivity index (χ0n) is 30.8. The molecule has 1 aromatic carbocycles. The fourth-order valence-corrected chi connectivity index (χ4v) is 11.6. The molecule has 0 aliphatic heterocycles. The molecule has 3 saturated carbocycles. The third kappa shape index (κ3) is 8.15. The van der Waals surface area contributed by atoms with Crippen molar-refractivity contribution in [3.63, 3.8) is 0 Å². The van der Waals surface area contributed by atoms with E-state index in [4.69, 9.17) is 8.92 Å². The van der Waals surface area contributed by atoms with Gasteiger partial charge in [-0.25, -0.2) is 0 Å². The summed E-state index contributed by atoms with van der Waals surface area (Å²) in [5.41, 5.74) is 3.59. The third-order valence-corrected chi connectivity index (χ3v) is 15.0. The maximum atomic E-state index is 12.4. The lowest BCUT2D eigenvalue weighted by atomic mass is 9.47. The predicted octanol–water partition coefficient (Wildman–Crippen LogP) is 11.1. The van der Waals surface area contributed by atoms with Gasteiger partial charge in [0.1, 0.15) is 0 Å². The van der Waals surface area contributed by atoms with Gasteiger partial charge in [-0.15, -0.1) is 0 Å². The van der Waals surface area contributed by atoms with Crippen molar-refractivity contribution in [1.29, 1.82) is 0 Å². The first-order valence-corrected chi connectivity index (χ1v) is 20.8. The highest BCUT2D eigenvalue weighted by molar-refractivity contribution is 7.86. The van der Waals surface area contributed by atoms with Crippen molar-refractivity contribution in [1.82, 2.24) is 0 Å². The van der Waals surface area contributed by atoms with Gasteiger partial charge in [0.15, 0.2) is 0 Å². The van der Waals surface area contributed by atoms with E-state index in [0.29, 0.717) is 28.8 Å². The molecular weight excluding hydrogens is 601 g/mol. The van der Waals surface area contributed by atoms with E-state index in [1.807, 2.05) is 6.92 Å². The number of unbranched alkanes of at least 4 members (excludes halogenated alkanes) is 3. The Morgan fingerprint density at radius 2 is 1.62 bits per heavy atom. The summed E-state index contributed by atoms with van der Waals surface area (Å²) in [5, 5.41) is 0. The van der Waals surface area contributed by atoms with Crippen LogP contribution in [-0.2, 0) is 19.0 Å². The summed E-state index contributed by atoms with van der Waals surface area (Å²) in [6.07, 6.45) is 23.7. The number of aryl methyl sites for hydroxylation is 1. The minimum atomic E-state index is -3.67. The van der Waals surface area contributed by atoms with E-state index in [2.05, 4.69) is 59.8 Å². The standard InChI is InChI=1S/C42H66O4S/c1-8-33(30(2)3)16-15-32(5)38-21-22-39-37-20-17-34-29-35(23-25-41(34,6)40(37)24-26-42(38,39)7)45-27-11-9-10-12-28-46-47(43,44)36-18-13-31(4)14-19-36/h13-19,30,32-33,35,37-40H,8-12,20-29H2,1-7H3/t32-,33-,35+,37+,38-,39+,40+,41+,42-/m1/s1. The molecule has 0 unspecified atom stereocenters. The highest BCUT2D eigenvalue weighted by Crippen LogP contribution is 2.67. The lowest BCUT2D eigenvalue weighted by Gasteiger charge is -2.58. The number of allylic oxidation sites excluding steroid dienone is 3. The summed E-state index contributed by atoms with van der Waals surface area (Å²) in [5.74, 6) is 5.53. The molecule has 4 nitrogen and oxygen atoms in total. The second-order valence-electron chi connectivity index (χ2n) is 16.8. The molecule has 47 heavy (non-hydrogen) atoms. The van der Waals surface area contributed by atoms with Crippen LogP contribution in [0.15, 0.2) is 53.0 Å². The van der Waals surface area contributed by atoms with Crippen molar-refractivity contribution in [2.45, 2.75) is 143 Å². The molecule has 0 aromatic heterocycles. The van der Waals surface area contributed by atoms with Crippen LogP contribution in [0, 0.1) is 59.2 Å². The molecular formula is C42H66O4S. The first kappa shape index (κ1) is 36.8. The van der Waals surface area contributed by atoms with E-state index >= 15 is 0 Å². The van der Waals surface area contributed by atoms with Gasteiger partial charge in [-0.05, 0) is 142 Å². The van der Waals surface area contributed by atoms with Crippen LogP contribution in [0.2, 0.25) is 0 Å². The monoisotopic (exact) mass is 666 g/mol. The predicted molar refractivity (Wildman–Crippen MR) is 195 cm³/mol. The average molecular weight is 667 g/mol. The molecule has 0 spiro atoms. The van der Waals surface area contributed by atoms with E-state index in [1.54, 1.807) is 29.8 Å². The van der Waals surface area contributed by atoms with E-state index in [1.165, 1.54) is 51.4 Å². The Bertz CT molecular complexity index is 1330. The van der Waals surface area contributed by atoms with Gasteiger partial charge >= 0.3 is 0 Å². The smallest absolute Gasteiger partial charge is 0.296 e. The Labute approximate surface area is 288 Å². The van der Waals surface area contributed by atoms with Gasteiger partial charge in [-0.1, -0.05) is 95.9 Å². The number of benzene rings is 1. The summed E-state index contributed by atoms with van der Waals surface area (Å²) in [6, 6.07) is 6.83. The SMILES string of the molecule is CC[C@H](C=C[C@@H](C)[C@H]1CC[C@H]2[C@@H]3CC=C4C[C@@H](OCCCCCCOS(=O)(=O)c5ccc(C)cc5)CC[C@]4(C)[C@H]3CC[C@]12C)C(C)C. The second kappa shape index (κ2) is 15.6. The number of hydrogen-bond acceptors (Lipinski definition) is 4. The molecule has 0 radical (unpaired) electrons. The average Bonchev–Trinajstić information content (AvgIpc) is 3.40. The second-order valence-corrected chi connectivity index (χ2v) is 18.4. The zero-order valence-corrected chi connectivity index (χ0v) is 31.6. The molecule has 0 N–H and O–H groups in total. The summed E-state index contributed by atoms with van der Waals surface area (Å²) in [4.78, 5) is 0.234. The minimum absolute atomic E-state index is 0.234. The van der Waals surface area contributed by atoms with Crippen LogP contribution in [0.4, 0.5) is 0 Å². The number of rotatable bonds is 15. The first-order valence-electron chi connectivity index (χ1n) is 19.3. The van der Waals surface area contributed by atoms with Gasteiger partial charge in [-0.2, -0.15) is 8.42 Å². The molecule has 3 fully saturated rings. The van der Waals surface area contributed by atoms with E-state index in [9.17, 15) is 8.42 Å². The van der Waals surface area contributed by atoms with Crippen molar-refractivity contribution >= 4 is 10.1 Å². The van der Waals surface area contributed by atoms with Crippen molar-refractivity contribution in [2.75, 3.05) is 13.2 Å². The molecule has 0 saturated heterocycles. The van der Waals surface area contributed by atoms with E-state index in [0.717, 1.165) is 73.9 Å². The maximum absolute atomic E-state index is 12.4. The third-order valence-electron chi connectivity index (χ3n) is 13.7. The highest BCUT2D eigenvalue weighted by Gasteiger charge is 2.59. The molecule has 4 aliphatic carbocycles. The summed E-state index contributed by atoms with van der Waals surface area (Å²) < 4.78 is 36.5. The van der Waals surface area contributed by atoms with Crippen LogP contribution in [0.25, 0.3) is 0 Å². The molecule has 5 heteroatoms. The van der Waals surface area contributed by atoms with E-state index < -0.39 is 10.1 Å². The van der Waals surface area contributed by atoms with Crippen LogP contribution in [0.3, 0.4) is 0 Å². The molecule has 0 amide bonds. The van der Waals surface area contributed by atoms with Crippen LogP contribution < -0.4 is 0 Å². The van der Waals surface area contributed by atoms with Crippen LogP contribution in [0.5, 0.6) is 0 Å². The van der Waals surface area contributed by atoms with Gasteiger partial charge in [0.05, 0.1) is 17.6 Å². The Hall–Kier alpha value is -1.43. The normalized spacial score (nSPS) is 33.7. The quantitative estimate of drug-likeness (QED) is 0.106. The van der Waals surface area contributed by atoms with Crippen molar-refractivity contribution in [2.24, 2.45) is 52.3 Å². The first-order chi connectivity index (χ1) is 22.4. The van der Waals surface area contributed by atoms with Crippen LogP contribution in [-0.4, -0.2) is 27.7 Å². The number of hydrogen-bond donors (Lipinski definition) is 0. The topological polar surface area (TPSA) is 52.6 Å². The van der Waals surface area contributed by atoms with Crippen molar-refractivity contribution < 1.29 is 17.3 Å². The Morgan fingerprint density at radius 3 is 2.32 bits per heavy atom. The fraction of sp³-hybridized carbons (Fsp3) is 0.762. The Morgan fingerprint density at radius 1 is 0.894 bits per heavy atom. The zero-order chi connectivity index (χ0) is 33.8. The molecule has 9 atom stereocenters. The van der Waals surface area contributed by atoms with E-state index in [-0.39, 0.29) is 11.5 Å². The maximum Gasteiger partial charge on any atom is 0.296 e. The largest absolute Gasteiger partial charge is 0.378 e. The Balaban J connectivity index is 1.05. The van der Waals surface area contributed by atoms with Crippen LogP contribution >= 0.6 is 0 Å². The van der Waals surface area contributed by atoms with Gasteiger partial charge in [-0.3, -0.25) is 4.18 Å². The minimum Gasteiger partial charge on any atom is -0.378 e. The molecule has 0 heterocycles. The molecule has 4 aliphatic rings. The molecule has 0 bridgehead atoms. The number of fused-ring (bicyclic) bond motifs is 5. The van der Waals surface area contributed by atoms with Gasteiger partial charge in [0.2, 0.25) is 0 Å². The Kier molecular flexibility index (Phi) is 12.3. The van der Waals surface area contributed by atoms with Gasteiger partial charge in [0, 0.05) is 6.61 Å². The highest BCUT2D eigenvalue weighted by atomic mass is 32.2. The van der Waals surface area contributed by atoms with Gasteiger partial charge in [0.25, 0.3) is 10.1 Å². The fourth-order valence-electron chi connectivity index (χ4n) is 10.7. The molecule has 264 valence electrons. The summed E-state index contributed by atoms with van der Waals surface area (Å²) in [7, 11) is -3.67. The summed E-state index contributed by atoms with van der Waals surface area (Å²) >= 11 is 0. The number of ether oxygens (including phenoxy) is 1.